The van der Waals surface area contributed by atoms with E-state index in [1.807, 2.05) is 4.90 Å². The Labute approximate surface area is 124 Å². The van der Waals surface area contributed by atoms with E-state index >= 15 is 0 Å². The van der Waals surface area contributed by atoms with Crippen molar-refractivity contribution in [1.82, 2.24) is 15.5 Å². The van der Waals surface area contributed by atoms with Crippen LogP contribution in [0.1, 0.15) is 33.0 Å². The molecule has 6 nitrogen and oxygen atoms in total. The van der Waals surface area contributed by atoms with Gasteiger partial charge in [-0.05, 0) is 17.5 Å². The maximum Gasteiger partial charge on any atom is 0.315 e. The van der Waals surface area contributed by atoms with E-state index in [0.717, 1.165) is 0 Å². The number of nitrogens with zero attached hydrogens (tertiary/aromatic N) is 1. The summed E-state index contributed by atoms with van der Waals surface area (Å²) in [7, 11) is 0. The summed E-state index contributed by atoms with van der Waals surface area (Å²) < 4.78 is 5.14. The van der Waals surface area contributed by atoms with Gasteiger partial charge in [0, 0.05) is 19.5 Å². The number of carbonyl (C=O) groups is 2. The first-order valence-electron chi connectivity index (χ1n) is 7.18. The van der Waals surface area contributed by atoms with Gasteiger partial charge in [0.25, 0.3) is 0 Å². The highest BCUT2D eigenvalue weighted by Crippen LogP contribution is 2.20. The molecular weight excluding hydrogens is 270 g/mol. The van der Waals surface area contributed by atoms with Crippen molar-refractivity contribution in [1.29, 1.82) is 0 Å². The summed E-state index contributed by atoms with van der Waals surface area (Å²) in [5.41, 5.74) is 0.0616. The molecule has 116 valence electrons. The van der Waals surface area contributed by atoms with Gasteiger partial charge in [0.05, 0.1) is 18.8 Å². The maximum absolute atomic E-state index is 11.9. The monoisotopic (exact) mass is 293 g/mol. The summed E-state index contributed by atoms with van der Waals surface area (Å²) in [5.74, 6) is 0.795. The van der Waals surface area contributed by atoms with Crippen LogP contribution in [0.3, 0.4) is 0 Å². The molecule has 2 N–H and O–H groups in total. The second-order valence-electron chi connectivity index (χ2n) is 6.64. The highest BCUT2D eigenvalue weighted by Gasteiger charge is 2.32. The number of furan rings is 1. The molecule has 1 atom stereocenters. The predicted molar refractivity (Wildman–Crippen MR) is 78.5 cm³/mol. The maximum atomic E-state index is 11.9. The lowest BCUT2D eigenvalue weighted by Gasteiger charge is -2.26. The van der Waals surface area contributed by atoms with Crippen LogP contribution in [0.15, 0.2) is 22.8 Å². The zero-order valence-electron chi connectivity index (χ0n) is 12.8. The second-order valence-corrected chi connectivity index (χ2v) is 6.64. The van der Waals surface area contributed by atoms with E-state index in [0.29, 0.717) is 31.8 Å². The summed E-state index contributed by atoms with van der Waals surface area (Å²) in [6.07, 6.45) is 1.93. The third-order valence-electron chi connectivity index (χ3n) is 3.22. The third kappa shape index (κ3) is 4.81. The number of nitrogens with one attached hydrogen (secondary N) is 2. The van der Waals surface area contributed by atoms with Crippen LogP contribution < -0.4 is 10.6 Å². The molecule has 21 heavy (non-hydrogen) atoms. The van der Waals surface area contributed by atoms with Crippen molar-refractivity contribution in [2.45, 2.75) is 39.8 Å². The SMILES string of the molecule is CC(C)(C)CN1C[C@H](NC(=O)NCc2ccco2)CC1=O. The highest BCUT2D eigenvalue weighted by atomic mass is 16.3. The first kappa shape index (κ1) is 15.4. The molecule has 0 saturated carbocycles. The molecule has 0 unspecified atom stereocenters. The second kappa shape index (κ2) is 6.20. The number of hydrogen-bond acceptors (Lipinski definition) is 3. The number of hydrogen-bond donors (Lipinski definition) is 2. The molecule has 2 heterocycles. The first-order chi connectivity index (χ1) is 9.83. The van der Waals surface area contributed by atoms with Crippen LogP contribution in [0, 0.1) is 5.41 Å². The molecule has 0 spiro atoms. The Balaban J connectivity index is 1.76. The van der Waals surface area contributed by atoms with Gasteiger partial charge in [-0.15, -0.1) is 0 Å². The Bertz CT molecular complexity index is 491. The number of amides is 3. The summed E-state index contributed by atoms with van der Waals surface area (Å²) in [6.45, 7) is 7.90. The average Bonchev–Trinajstić information content (AvgIpc) is 2.96. The number of carbonyl (C=O) groups excluding carboxylic acids is 2. The predicted octanol–water partition coefficient (Wildman–Crippen LogP) is 1.73. The highest BCUT2D eigenvalue weighted by molar-refractivity contribution is 5.81. The summed E-state index contributed by atoms with van der Waals surface area (Å²) in [4.78, 5) is 25.5. The molecule has 1 saturated heterocycles. The van der Waals surface area contributed by atoms with E-state index in [-0.39, 0.29) is 23.4 Å². The van der Waals surface area contributed by atoms with Crippen molar-refractivity contribution in [3.05, 3.63) is 24.2 Å². The van der Waals surface area contributed by atoms with Crippen molar-refractivity contribution in [3.63, 3.8) is 0 Å². The normalized spacial score (nSPS) is 18.9. The standard InChI is InChI=1S/C15H23N3O3/c1-15(2,3)10-18-9-11(7-13(18)19)17-14(20)16-8-12-5-4-6-21-12/h4-6,11H,7-10H2,1-3H3,(H2,16,17,20)/t11-/m1/s1. The Morgan fingerprint density at radius 3 is 2.86 bits per heavy atom. The topological polar surface area (TPSA) is 74.6 Å². The van der Waals surface area contributed by atoms with Gasteiger partial charge in [-0.25, -0.2) is 4.79 Å². The zero-order valence-corrected chi connectivity index (χ0v) is 12.8. The van der Waals surface area contributed by atoms with Crippen LogP contribution in [-0.4, -0.2) is 36.0 Å². The molecule has 1 aromatic rings. The molecule has 0 bridgehead atoms. The van der Waals surface area contributed by atoms with Crippen molar-refractivity contribution in [3.8, 4) is 0 Å². The minimum atomic E-state index is -0.276. The van der Waals surface area contributed by atoms with Gasteiger partial charge < -0.3 is 20.0 Å². The quantitative estimate of drug-likeness (QED) is 0.887. The molecule has 1 fully saturated rings. The minimum absolute atomic E-state index is 0.0616. The van der Waals surface area contributed by atoms with Gasteiger partial charge in [0.15, 0.2) is 0 Å². The molecule has 1 aliphatic rings. The summed E-state index contributed by atoms with van der Waals surface area (Å²) >= 11 is 0. The molecular formula is C15H23N3O3. The van der Waals surface area contributed by atoms with E-state index in [1.54, 1.807) is 18.4 Å². The molecule has 6 heteroatoms. The first-order valence-corrected chi connectivity index (χ1v) is 7.18. The average molecular weight is 293 g/mol. The zero-order chi connectivity index (χ0) is 15.5. The fraction of sp³-hybridized carbons (Fsp3) is 0.600. The number of urea groups is 1. The van der Waals surface area contributed by atoms with Crippen LogP contribution in [0.2, 0.25) is 0 Å². The Morgan fingerprint density at radius 1 is 1.48 bits per heavy atom. The summed E-state index contributed by atoms with van der Waals surface area (Å²) in [6, 6.07) is 3.16. The third-order valence-corrected chi connectivity index (χ3v) is 3.22. The van der Waals surface area contributed by atoms with E-state index in [9.17, 15) is 9.59 Å². The van der Waals surface area contributed by atoms with E-state index in [1.165, 1.54) is 0 Å². The number of rotatable bonds is 4. The Morgan fingerprint density at radius 2 is 2.24 bits per heavy atom. The summed E-state index contributed by atoms with van der Waals surface area (Å²) in [5, 5.41) is 5.55. The minimum Gasteiger partial charge on any atom is -0.467 e. The van der Waals surface area contributed by atoms with E-state index in [2.05, 4.69) is 31.4 Å². The lowest BCUT2D eigenvalue weighted by molar-refractivity contribution is -0.128. The van der Waals surface area contributed by atoms with Crippen LogP contribution >= 0.6 is 0 Å². The van der Waals surface area contributed by atoms with E-state index in [4.69, 9.17) is 4.42 Å². The van der Waals surface area contributed by atoms with Crippen LogP contribution in [-0.2, 0) is 11.3 Å². The van der Waals surface area contributed by atoms with Crippen LogP contribution in [0.4, 0.5) is 4.79 Å². The molecule has 0 aliphatic carbocycles. The largest absolute Gasteiger partial charge is 0.467 e. The van der Waals surface area contributed by atoms with Crippen molar-refractivity contribution in [2.75, 3.05) is 13.1 Å². The molecule has 2 rings (SSSR count). The molecule has 0 radical (unpaired) electrons. The fourth-order valence-corrected chi connectivity index (χ4v) is 2.41. The lowest BCUT2D eigenvalue weighted by Crippen LogP contribution is -2.43. The van der Waals surface area contributed by atoms with E-state index < -0.39 is 0 Å². The molecule has 3 amide bonds. The van der Waals surface area contributed by atoms with Gasteiger partial charge in [-0.1, -0.05) is 20.8 Å². The number of likely N-dealkylation sites (tertiary alicyclic amines) is 1. The smallest absolute Gasteiger partial charge is 0.315 e. The lowest BCUT2D eigenvalue weighted by atomic mass is 9.96. The fourth-order valence-electron chi connectivity index (χ4n) is 2.41. The Hall–Kier alpha value is -1.98. The molecule has 1 aromatic heterocycles. The van der Waals surface area contributed by atoms with Gasteiger partial charge >= 0.3 is 6.03 Å². The van der Waals surface area contributed by atoms with Crippen molar-refractivity contribution in [2.24, 2.45) is 5.41 Å². The van der Waals surface area contributed by atoms with Gasteiger partial charge in [-0.3, -0.25) is 4.79 Å². The van der Waals surface area contributed by atoms with Crippen LogP contribution in [0.25, 0.3) is 0 Å². The van der Waals surface area contributed by atoms with Crippen molar-refractivity contribution >= 4 is 11.9 Å². The van der Waals surface area contributed by atoms with Gasteiger partial charge in [0.1, 0.15) is 5.76 Å². The molecule has 0 aromatic carbocycles. The van der Waals surface area contributed by atoms with Gasteiger partial charge in [0.2, 0.25) is 5.91 Å². The van der Waals surface area contributed by atoms with Gasteiger partial charge in [-0.2, -0.15) is 0 Å². The molecule has 1 aliphatic heterocycles. The van der Waals surface area contributed by atoms with Crippen molar-refractivity contribution < 1.29 is 14.0 Å². The Kier molecular flexibility index (Phi) is 4.55. The van der Waals surface area contributed by atoms with Crippen LogP contribution in [0.5, 0.6) is 0 Å².